The standard InChI is InChI=1S/C23H29N3O2/c27-22(25-21-14-6-9-17-8-4-5-13-20(17)21)18-10-7-15-26(16-18)23(28)24-19-11-2-1-3-12-19/h4-6,8-9,13-14,18-19H,1-3,7,10-12,15-16H2,(H,24,28)(H,25,27). The molecule has 1 saturated carbocycles. The highest BCUT2D eigenvalue weighted by molar-refractivity contribution is 6.03. The maximum atomic E-state index is 12.9. The molecule has 1 unspecified atom stereocenters. The predicted molar refractivity (Wildman–Crippen MR) is 112 cm³/mol. The van der Waals surface area contributed by atoms with E-state index < -0.39 is 0 Å². The number of hydrogen-bond acceptors (Lipinski definition) is 2. The summed E-state index contributed by atoms with van der Waals surface area (Å²) in [4.78, 5) is 27.4. The third kappa shape index (κ3) is 4.29. The zero-order chi connectivity index (χ0) is 19.3. The van der Waals surface area contributed by atoms with Crippen LogP contribution in [0.5, 0.6) is 0 Å². The lowest BCUT2D eigenvalue weighted by atomic mass is 9.95. The highest BCUT2D eigenvalue weighted by Gasteiger charge is 2.29. The maximum absolute atomic E-state index is 12.9. The molecular formula is C23H29N3O2. The molecule has 0 bridgehead atoms. The molecule has 2 aromatic rings. The van der Waals surface area contributed by atoms with Crippen LogP contribution in [-0.2, 0) is 4.79 Å². The Labute approximate surface area is 166 Å². The van der Waals surface area contributed by atoms with Gasteiger partial charge >= 0.3 is 6.03 Å². The number of nitrogens with one attached hydrogen (secondary N) is 2. The molecular weight excluding hydrogens is 350 g/mol. The van der Waals surface area contributed by atoms with Crippen LogP contribution in [0.2, 0.25) is 0 Å². The molecule has 4 rings (SSSR count). The van der Waals surface area contributed by atoms with Crippen LogP contribution in [0.15, 0.2) is 42.5 Å². The number of carbonyl (C=O) groups is 2. The summed E-state index contributed by atoms with van der Waals surface area (Å²) < 4.78 is 0. The minimum atomic E-state index is -0.162. The van der Waals surface area contributed by atoms with E-state index >= 15 is 0 Å². The molecule has 3 amide bonds. The van der Waals surface area contributed by atoms with Crippen molar-refractivity contribution in [1.82, 2.24) is 10.2 Å². The summed E-state index contributed by atoms with van der Waals surface area (Å²) >= 11 is 0. The van der Waals surface area contributed by atoms with Crippen LogP contribution in [0.1, 0.15) is 44.9 Å². The number of amides is 3. The second-order valence-electron chi connectivity index (χ2n) is 8.09. The number of rotatable bonds is 3. The van der Waals surface area contributed by atoms with E-state index in [4.69, 9.17) is 0 Å². The second kappa shape index (κ2) is 8.63. The van der Waals surface area contributed by atoms with Crippen LogP contribution in [0.3, 0.4) is 0 Å². The Morgan fingerprint density at radius 1 is 0.893 bits per heavy atom. The third-order valence-corrected chi connectivity index (χ3v) is 6.06. The van der Waals surface area contributed by atoms with Gasteiger partial charge in [-0.15, -0.1) is 0 Å². The van der Waals surface area contributed by atoms with Gasteiger partial charge in [0.1, 0.15) is 0 Å². The molecule has 28 heavy (non-hydrogen) atoms. The van der Waals surface area contributed by atoms with Gasteiger partial charge in [-0.2, -0.15) is 0 Å². The summed E-state index contributed by atoms with van der Waals surface area (Å²) in [6.07, 6.45) is 7.50. The minimum absolute atomic E-state index is 0.00504. The summed E-state index contributed by atoms with van der Waals surface area (Å²) in [6, 6.07) is 14.3. The molecule has 148 valence electrons. The molecule has 0 spiro atoms. The van der Waals surface area contributed by atoms with Crippen molar-refractivity contribution < 1.29 is 9.59 Å². The first kappa shape index (κ1) is 18.8. The van der Waals surface area contributed by atoms with E-state index in [1.165, 1.54) is 19.3 Å². The van der Waals surface area contributed by atoms with Gasteiger partial charge in [-0.05, 0) is 37.1 Å². The van der Waals surface area contributed by atoms with Crippen molar-refractivity contribution in [1.29, 1.82) is 0 Å². The van der Waals surface area contributed by atoms with Gasteiger partial charge in [0.05, 0.1) is 5.92 Å². The number of urea groups is 1. The first-order valence-electron chi connectivity index (χ1n) is 10.5. The molecule has 1 aliphatic carbocycles. The zero-order valence-corrected chi connectivity index (χ0v) is 16.3. The number of hydrogen-bond donors (Lipinski definition) is 2. The molecule has 1 saturated heterocycles. The van der Waals surface area contributed by atoms with E-state index in [1.807, 2.05) is 47.4 Å². The van der Waals surface area contributed by atoms with Crippen molar-refractivity contribution in [2.24, 2.45) is 5.92 Å². The maximum Gasteiger partial charge on any atom is 0.317 e. The minimum Gasteiger partial charge on any atom is -0.335 e. The van der Waals surface area contributed by atoms with Gasteiger partial charge in [0, 0.05) is 30.2 Å². The first-order valence-corrected chi connectivity index (χ1v) is 10.5. The Balaban J connectivity index is 1.38. The van der Waals surface area contributed by atoms with Gasteiger partial charge in [-0.25, -0.2) is 4.79 Å². The van der Waals surface area contributed by atoms with Gasteiger partial charge in [-0.1, -0.05) is 55.7 Å². The second-order valence-corrected chi connectivity index (χ2v) is 8.09. The van der Waals surface area contributed by atoms with Crippen molar-refractivity contribution in [2.45, 2.75) is 51.0 Å². The number of benzene rings is 2. The van der Waals surface area contributed by atoms with Crippen LogP contribution < -0.4 is 10.6 Å². The topological polar surface area (TPSA) is 61.4 Å². The van der Waals surface area contributed by atoms with Crippen LogP contribution in [-0.4, -0.2) is 36.0 Å². The number of likely N-dealkylation sites (tertiary alicyclic amines) is 1. The van der Waals surface area contributed by atoms with Crippen molar-refractivity contribution in [3.05, 3.63) is 42.5 Å². The summed E-state index contributed by atoms with van der Waals surface area (Å²) in [5, 5.41) is 8.43. The van der Waals surface area contributed by atoms with Crippen molar-refractivity contribution in [3.63, 3.8) is 0 Å². The number of piperidine rings is 1. The van der Waals surface area contributed by atoms with Gasteiger partial charge in [0.15, 0.2) is 0 Å². The van der Waals surface area contributed by atoms with Crippen LogP contribution in [0.4, 0.5) is 10.5 Å². The van der Waals surface area contributed by atoms with Crippen molar-refractivity contribution >= 4 is 28.4 Å². The van der Waals surface area contributed by atoms with Crippen molar-refractivity contribution in [3.8, 4) is 0 Å². The number of carbonyl (C=O) groups excluding carboxylic acids is 2. The molecule has 2 fully saturated rings. The lowest BCUT2D eigenvalue weighted by molar-refractivity contribution is -0.121. The van der Waals surface area contributed by atoms with Crippen LogP contribution in [0.25, 0.3) is 10.8 Å². The van der Waals surface area contributed by atoms with Gasteiger partial charge < -0.3 is 15.5 Å². The van der Waals surface area contributed by atoms with Gasteiger partial charge in [0.25, 0.3) is 0 Å². The third-order valence-electron chi connectivity index (χ3n) is 6.06. The Morgan fingerprint density at radius 3 is 2.54 bits per heavy atom. The summed E-state index contributed by atoms with van der Waals surface area (Å²) in [5.41, 5.74) is 0.840. The molecule has 5 nitrogen and oxygen atoms in total. The Hall–Kier alpha value is -2.56. The Kier molecular flexibility index (Phi) is 5.79. The van der Waals surface area contributed by atoms with E-state index in [9.17, 15) is 9.59 Å². The molecule has 1 atom stereocenters. The number of fused-ring (bicyclic) bond motifs is 1. The Morgan fingerprint density at radius 2 is 1.68 bits per heavy atom. The quantitative estimate of drug-likeness (QED) is 0.823. The fourth-order valence-electron chi connectivity index (χ4n) is 4.46. The van der Waals surface area contributed by atoms with E-state index in [0.29, 0.717) is 12.6 Å². The van der Waals surface area contributed by atoms with E-state index in [1.54, 1.807) is 0 Å². The molecule has 5 heteroatoms. The summed E-state index contributed by atoms with van der Waals surface area (Å²) in [5.74, 6) is -0.156. The molecule has 2 aromatic carbocycles. The fraction of sp³-hybridized carbons (Fsp3) is 0.478. The number of anilines is 1. The van der Waals surface area contributed by atoms with Crippen molar-refractivity contribution in [2.75, 3.05) is 18.4 Å². The van der Waals surface area contributed by atoms with E-state index in [0.717, 1.165) is 48.7 Å². The number of nitrogens with zero attached hydrogens (tertiary/aromatic N) is 1. The normalized spacial score (nSPS) is 20.7. The lowest BCUT2D eigenvalue weighted by Crippen LogP contribution is -2.50. The zero-order valence-electron chi connectivity index (χ0n) is 16.3. The average Bonchev–Trinajstić information content (AvgIpc) is 2.75. The SMILES string of the molecule is O=C(Nc1cccc2ccccc12)C1CCCN(C(=O)NC2CCCCC2)C1. The lowest BCUT2D eigenvalue weighted by Gasteiger charge is -2.34. The van der Waals surface area contributed by atoms with Crippen LogP contribution >= 0.6 is 0 Å². The predicted octanol–water partition coefficient (Wildman–Crippen LogP) is 4.53. The fourth-order valence-corrected chi connectivity index (χ4v) is 4.46. The van der Waals surface area contributed by atoms with Gasteiger partial charge in [-0.3, -0.25) is 4.79 Å². The molecule has 1 aliphatic heterocycles. The average molecular weight is 380 g/mol. The smallest absolute Gasteiger partial charge is 0.317 e. The highest BCUT2D eigenvalue weighted by Crippen LogP contribution is 2.25. The highest BCUT2D eigenvalue weighted by atomic mass is 16.2. The molecule has 1 heterocycles. The summed E-state index contributed by atoms with van der Waals surface area (Å²) in [6.45, 7) is 1.23. The summed E-state index contributed by atoms with van der Waals surface area (Å²) in [7, 11) is 0. The monoisotopic (exact) mass is 379 g/mol. The molecule has 2 N–H and O–H groups in total. The Bertz CT molecular complexity index is 839. The first-order chi connectivity index (χ1) is 13.7. The van der Waals surface area contributed by atoms with Gasteiger partial charge in [0.2, 0.25) is 5.91 Å². The molecule has 2 aliphatic rings. The largest absolute Gasteiger partial charge is 0.335 e. The van der Waals surface area contributed by atoms with Crippen LogP contribution in [0, 0.1) is 5.92 Å². The van der Waals surface area contributed by atoms with E-state index in [2.05, 4.69) is 10.6 Å². The molecule has 0 radical (unpaired) electrons. The van der Waals surface area contributed by atoms with E-state index in [-0.39, 0.29) is 17.9 Å². The molecule has 0 aromatic heterocycles.